The van der Waals surface area contributed by atoms with Crippen LogP contribution < -0.4 is 5.32 Å². The molecule has 0 spiro atoms. The minimum atomic E-state index is 0.237. The van der Waals surface area contributed by atoms with Crippen molar-refractivity contribution in [1.82, 2.24) is 5.32 Å². The summed E-state index contributed by atoms with van der Waals surface area (Å²) in [4.78, 5) is 0. The Morgan fingerprint density at radius 3 is 2.72 bits per heavy atom. The van der Waals surface area contributed by atoms with Crippen molar-refractivity contribution in [3.8, 4) is 5.75 Å². The first-order valence-electron chi connectivity index (χ1n) is 7.14. The molecule has 1 aromatic rings. The maximum Gasteiger partial charge on any atom is 0.120 e. The molecule has 0 radical (unpaired) electrons. The number of aryl methyl sites for hydroxylation is 1. The summed E-state index contributed by atoms with van der Waals surface area (Å²) in [6.45, 7) is 5.34. The maximum atomic E-state index is 9.93. The van der Waals surface area contributed by atoms with Gasteiger partial charge in [0.15, 0.2) is 0 Å². The number of benzene rings is 1. The Kier molecular flexibility index (Phi) is 2.86. The van der Waals surface area contributed by atoms with Gasteiger partial charge in [-0.05, 0) is 56.9 Å². The fraction of sp³-hybridized carbons (Fsp3) is 0.625. The normalized spacial score (nSPS) is 22.8. The van der Waals surface area contributed by atoms with Gasteiger partial charge in [0.1, 0.15) is 5.75 Å². The van der Waals surface area contributed by atoms with Gasteiger partial charge < -0.3 is 10.4 Å². The molecule has 2 nitrogen and oxygen atoms in total. The van der Waals surface area contributed by atoms with Gasteiger partial charge in [0.2, 0.25) is 0 Å². The molecule has 18 heavy (non-hydrogen) atoms. The number of nitrogens with one attached hydrogen (secondary N) is 1. The second-order valence-corrected chi connectivity index (χ2v) is 6.30. The first-order valence-corrected chi connectivity index (χ1v) is 7.14. The van der Waals surface area contributed by atoms with E-state index in [1.165, 1.54) is 31.2 Å². The number of aromatic hydroxyl groups is 1. The van der Waals surface area contributed by atoms with Crippen molar-refractivity contribution in [3.63, 3.8) is 0 Å². The predicted molar refractivity (Wildman–Crippen MR) is 73.7 cm³/mol. The molecule has 1 atom stereocenters. The van der Waals surface area contributed by atoms with Crippen molar-refractivity contribution in [2.24, 2.45) is 11.3 Å². The van der Waals surface area contributed by atoms with Gasteiger partial charge in [-0.2, -0.15) is 0 Å². The fourth-order valence-corrected chi connectivity index (χ4v) is 3.07. The van der Waals surface area contributed by atoms with Gasteiger partial charge in [-0.1, -0.05) is 17.7 Å². The summed E-state index contributed by atoms with van der Waals surface area (Å²) in [5.74, 6) is 1.40. The Hall–Kier alpha value is -1.02. The van der Waals surface area contributed by atoms with Crippen LogP contribution in [0, 0.1) is 18.3 Å². The third kappa shape index (κ3) is 2.26. The topological polar surface area (TPSA) is 32.3 Å². The monoisotopic (exact) mass is 245 g/mol. The minimum absolute atomic E-state index is 0.237. The lowest BCUT2D eigenvalue weighted by atomic mass is 9.99. The molecule has 0 bridgehead atoms. The van der Waals surface area contributed by atoms with Crippen molar-refractivity contribution < 1.29 is 5.11 Å². The second kappa shape index (κ2) is 4.27. The molecule has 1 aromatic carbocycles. The van der Waals surface area contributed by atoms with Gasteiger partial charge in [-0.15, -0.1) is 0 Å². The quantitative estimate of drug-likeness (QED) is 0.831. The highest BCUT2D eigenvalue weighted by atomic mass is 16.3. The van der Waals surface area contributed by atoms with Gasteiger partial charge in [0, 0.05) is 18.2 Å². The lowest BCUT2D eigenvalue weighted by molar-refractivity contribution is 0.376. The van der Waals surface area contributed by atoms with Crippen LogP contribution in [0.1, 0.15) is 49.8 Å². The summed E-state index contributed by atoms with van der Waals surface area (Å²) in [5.41, 5.74) is 2.86. The Bertz CT molecular complexity index is 446. The second-order valence-electron chi connectivity index (χ2n) is 6.30. The van der Waals surface area contributed by atoms with Crippen molar-refractivity contribution in [3.05, 3.63) is 29.3 Å². The van der Waals surface area contributed by atoms with E-state index in [2.05, 4.69) is 25.2 Å². The lowest BCUT2D eigenvalue weighted by Crippen LogP contribution is -2.28. The molecule has 98 valence electrons. The predicted octanol–water partition coefficient (Wildman–Crippen LogP) is 3.54. The largest absolute Gasteiger partial charge is 0.508 e. The molecule has 2 heteroatoms. The zero-order chi connectivity index (χ0) is 12.8. The number of hydrogen-bond acceptors (Lipinski definition) is 2. The molecule has 2 fully saturated rings. The van der Waals surface area contributed by atoms with Crippen LogP contribution in [0.4, 0.5) is 0 Å². The number of rotatable bonds is 5. The molecule has 0 saturated heterocycles. The van der Waals surface area contributed by atoms with Crippen LogP contribution >= 0.6 is 0 Å². The minimum Gasteiger partial charge on any atom is -0.508 e. The van der Waals surface area contributed by atoms with Crippen LogP contribution in [0.2, 0.25) is 0 Å². The zero-order valence-electron chi connectivity index (χ0n) is 11.4. The summed E-state index contributed by atoms with van der Waals surface area (Å²) in [7, 11) is 0. The van der Waals surface area contributed by atoms with E-state index in [4.69, 9.17) is 0 Å². The van der Waals surface area contributed by atoms with E-state index in [1.807, 2.05) is 6.07 Å². The van der Waals surface area contributed by atoms with Crippen molar-refractivity contribution in [1.29, 1.82) is 0 Å². The highest BCUT2D eigenvalue weighted by Gasteiger charge is 2.53. The van der Waals surface area contributed by atoms with Crippen molar-refractivity contribution in [2.45, 2.75) is 45.6 Å². The number of phenolic OH excluding ortho intramolecular Hbond substituents is 1. The van der Waals surface area contributed by atoms with Crippen LogP contribution in [-0.4, -0.2) is 11.7 Å². The maximum absolute atomic E-state index is 9.93. The molecule has 2 N–H and O–H groups in total. The van der Waals surface area contributed by atoms with Crippen LogP contribution in [0.3, 0.4) is 0 Å². The van der Waals surface area contributed by atoms with E-state index in [1.54, 1.807) is 6.07 Å². The standard InChI is InChI=1S/C16H23NO/c1-11-3-6-15(18)14(9-11)12(2)17-10-16(7-8-16)13-4-5-13/h3,6,9,12-13,17-18H,4-5,7-8,10H2,1-2H3. The molecule has 3 rings (SSSR count). The first kappa shape index (κ1) is 12.0. The molecule has 1 unspecified atom stereocenters. The van der Waals surface area contributed by atoms with E-state index in [9.17, 15) is 5.11 Å². The third-order valence-corrected chi connectivity index (χ3v) is 4.75. The van der Waals surface area contributed by atoms with Crippen molar-refractivity contribution >= 4 is 0 Å². The summed E-state index contributed by atoms with van der Waals surface area (Å²) >= 11 is 0. The molecule has 0 aliphatic heterocycles. The summed E-state index contributed by atoms with van der Waals surface area (Å²) in [5, 5.41) is 13.6. The van der Waals surface area contributed by atoms with E-state index in [0.29, 0.717) is 11.2 Å². The molecule has 0 aromatic heterocycles. The molecule has 0 amide bonds. The number of hydrogen-bond donors (Lipinski definition) is 2. The van der Waals surface area contributed by atoms with Crippen LogP contribution in [-0.2, 0) is 0 Å². The smallest absolute Gasteiger partial charge is 0.120 e. The van der Waals surface area contributed by atoms with Gasteiger partial charge in [0.25, 0.3) is 0 Å². The summed E-state index contributed by atoms with van der Waals surface area (Å²) in [6.07, 6.45) is 5.67. The molecular formula is C16H23NO. The van der Waals surface area contributed by atoms with Crippen LogP contribution in [0.5, 0.6) is 5.75 Å². The van der Waals surface area contributed by atoms with E-state index >= 15 is 0 Å². The van der Waals surface area contributed by atoms with Gasteiger partial charge in [-0.25, -0.2) is 0 Å². The van der Waals surface area contributed by atoms with E-state index in [0.717, 1.165) is 18.0 Å². The number of phenols is 1. The van der Waals surface area contributed by atoms with Gasteiger partial charge >= 0.3 is 0 Å². The van der Waals surface area contributed by atoms with E-state index in [-0.39, 0.29) is 6.04 Å². The molecule has 0 heterocycles. The third-order valence-electron chi connectivity index (χ3n) is 4.75. The van der Waals surface area contributed by atoms with E-state index < -0.39 is 0 Å². The average Bonchev–Trinajstić information content (AvgIpc) is 3.21. The highest BCUT2D eigenvalue weighted by Crippen LogP contribution is 2.61. The zero-order valence-corrected chi connectivity index (χ0v) is 11.4. The van der Waals surface area contributed by atoms with Crippen LogP contribution in [0.25, 0.3) is 0 Å². The summed E-state index contributed by atoms with van der Waals surface area (Å²) < 4.78 is 0. The van der Waals surface area contributed by atoms with Gasteiger partial charge in [-0.3, -0.25) is 0 Å². The Balaban J connectivity index is 1.63. The summed E-state index contributed by atoms with van der Waals surface area (Å²) in [6, 6.07) is 6.08. The Morgan fingerprint density at radius 1 is 1.39 bits per heavy atom. The Labute approximate surface area is 109 Å². The van der Waals surface area contributed by atoms with Crippen molar-refractivity contribution in [2.75, 3.05) is 6.54 Å². The average molecular weight is 245 g/mol. The molecule has 2 saturated carbocycles. The Morgan fingerprint density at radius 2 is 2.11 bits per heavy atom. The molecule has 2 aliphatic rings. The molecule has 2 aliphatic carbocycles. The molecular weight excluding hydrogens is 222 g/mol. The van der Waals surface area contributed by atoms with Gasteiger partial charge in [0.05, 0.1) is 0 Å². The SMILES string of the molecule is Cc1ccc(O)c(C(C)NCC2(C3CC3)CC2)c1. The van der Waals surface area contributed by atoms with Crippen LogP contribution in [0.15, 0.2) is 18.2 Å². The highest BCUT2D eigenvalue weighted by molar-refractivity contribution is 5.37. The first-order chi connectivity index (χ1) is 8.61. The lowest BCUT2D eigenvalue weighted by Gasteiger charge is -2.21. The fourth-order valence-electron chi connectivity index (χ4n) is 3.07.